The molecule has 13 heavy (non-hydrogen) atoms. The number of hydrogen-bond donors (Lipinski definition) is 2. The summed E-state index contributed by atoms with van der Waals surface area (Å²) >= 11 is 0. The van der Waals surface area contributed by atoms with Crippen LogP contribution >= 0.6 is 0 Å². The Hall–Kier alpha value is -0.710. The summed E-state index contributed by atoms with van der Waals surface area (Å²) in [6, 6.07) is -0.629. The van der Waals surface area contributed by atoms with Gasteiger partial charge in [-0.2, -0.15) is 0 Å². The molecule has 1 aliphatic carbocycles. The van der Waals surface area contributed by atoms with E-state index in [2.05, 4.69) is 5.32 Å². The van der Waals surface area contributed by atoms with Crippen LogP contribution in [-0.2, 0) is 4.79 Å². The molecule has 0 radical (unpaired) electrons. The van der Waals surface area contributed by atoms with Gasteiger partial charge in [0.05, 0.1) is 0 Å². The zero-order valence-corrected chi connectivity index (χ0v) is 7.02. The summed E-state index contributed by atoms with van der Waals surface area (Å²) in [5.74, 6) is -3.50. The van der Waals surface area contributed by atoms with Crippen LogP contribution in [0.3, 0.4) is 0 Å². The number of hydrogen-bond acceptors (Lipinski definition) is 2. The van der Waals surface area contributed by atoms with Gasteiger partial charge in [-0.1, -0.05) is 0 Å². The van der Waals surface area contributed by atoms with Gasteiger partial charge in [-0.05, 0) is 11.8 Å². The monoisotopic (exact) mass is 191 g/mol. The second-order valence-electron chi connectivity index (χ2n) is 4.19. The highest BCUT2D eigenvalue weighted by Gasteiger charge is 2.59. The predicted molar refractivity (Wildman–Crippen MR) is 40.7 cm³/mol. The Kier molecular flexibility index (Phi) is 1.64. The summed E-state index contributed by atoms with van der Waals surface area (Å²) in [4.78, 5) is 10.5. The van der Waals surface area contributed by atoms with Crippen LogP contribution < -0.4 is 5.32 Å². The smallest absolute Gasteiger partial charge is 0.320 e. The molecule has 2 fully saturated rings. The summed E-state index contributed by atoms with van der Waals surface area (Å²) in [6.45, 7) is 0.416. The summed E-state index contributed by atoms with van der Waals surface area (Å²) in [5.41, 5.74) is -0.438. The zero-order chi connectivity index (χ0) is 9.69. The third kappa shape index (κ3) is 1.41. The molecular weight excluding hydrogens is 180 g/mol. The zero-order valence-electron chi connectivity index (χ0n) is 7.02. The molecule has 1 aliphatic heterocycles. The Morgan fingerprint density at radius 3 is 2.46 bits per heavy atom. The molecule has 2 N–H and O–H groups in total. The first-order valence-corrected chi connectivity index (χ1v) is 4.27. The first kappa shape index (κ1) is 8.87. The van der Waals surface area contributed by atoms with Crippen molar-refractivity contribution in [2.24, 2.45) is 5.41 Å². The van der Waals surface area contributed by atoms with E-state index in [0.717, 1.165) is 0 Å². The lowest BCUT2D eigenvalue weighted by molar-refractivity contribution is -0.156. The van der Waals surface area contributed by atoms with Gasteiger partial charge in [-0.3, -0.25) is 4.79 Å². The average molecular weight is 191 g/mol. The van der Waals surface area contributed by atoms with Gasteiger partial charge in [-0.25, -0.2) is 8.78 Å². The van der Waals surface area contributed by atoms with Crippen molar-refractivity contribution in [1.29, 1.82) is 0 Å². The Balaban J connectivity index is 1.97. The van der Waals surface area contributed by atoms with Crippen molar-refractivity contribution >= 4 is 5.97 Å². The van der Waals surface area contributed by atoms with E-state index in [1.807, 2.05) is 0 Å². The van der Waals surface area contributed by atoms with E-state index in [-0.39, 0.29) is 12.8 Å². The van der Waals surface area contributed by atoms with Crippen LogP contribution in [0, 0.1) is 5.41 Å². The Morgan fingerprint density at radius 1 is 1.46 bits per heavy atom. The van der Waals surface area contributed by atoms with Crippen molar-refractivity contribution in [2.75, 3.05) is 6.54 Å². The molecule has 0 aromatic heterocycles. The number of carbonyl (C=O) groups is 1. The number of carboxylic acids is 1. The third-order valence-electron chi connectivity index (χ3n) is 2.93. The van der Waals surface area contributed by atoms with Crippen molar-refractivity contribution < 1.29 is 18.7 Å². The molecule has 1 atom stereocenters. The van der Waals surface area contributed by atoms with Gasteiger partial charge >= 0.3 is 5.97 Å². The lowest BCUT2D eigenvalue weighted by atomic mass is 9.65. The molecule has 0 unspecified atom stereocenters. The van der Waals surface area contributed by atoms with Gasteiger partial charge in [0.25, 0.3) is 0 Å². The maximum atomic E-state index is 12.6. The minimum atomic E-state index is -2.56. The van der Waals surface area contributed by atoms with Gasteiger partial charge in [0.2, 0.25) is 5.92 Å². The third-order valence-corrected chi connectivity index (χ3v) is 2.93. The molecule has 0 aromatic carbocycles. The predicted octanol–water partition coefficient (Wildman–Crippen LogP) is 0.848. The van der Waals surface area contributed by atoms with E-state index in [9.17, 15) is 13.6 Å². The first-order chi connectivity index (χ1) is 5.93. The first-order valence-electron chi connectivity index (χ1n) is 4.27. The van der Waals surface area contributed by atoms with Crippen LogP contribution in [0.25, 0.3) is 0 Å². The lowest BCUT2D eigenvalue weighted by Crippen LogP contribution is -2.47. The fourth-order valence-corrected chi connectivity index (χ4v) is 2.41. The van der Waals surface area contributed by atoms with Crippen LogP contribution in [0.4, 0.5) is 8.78 Å². The molecule has 1 spiro atoms. The van der Waals surface area contributed by atoms with Gasteiger partial charge in [0.1, 0.15) is 6.04 Å². The number of rotatable bonds is 1. The SMILES string of the molecule is O=C(O)[C@@H]1CC2(CN1)CC(F)(F)C2. The van der Waals surface area contributed by atoms with Crippen molar-refractivity contribution in [3.63, 3.8) is 0 Å². The molecule has 2 rings (SSSR count). The van der Waals surface area contributed by atoms with Gasteiger partial charge in [0, 0.05) is 19.4 Å². The van der Waals surface area contributed by atoms with Crippen molar-refractivity contribution in [3.05, 3.63) is 0 Å². The molecular formula is C8H11F2NO2. The summed E-state index contributed by atoms with van der Waals surface area (Å²) in [7, 11) is 0. The fraction of sp³-hybridized carbons (Fsp3) is 0.875. The van der Waals surface area contributed by atoms with Crippen molar-refractivity contribution in [3.8, 4) is 0 Å². The number of nitrogens with one attached hydrogen (secondary N) is 1. The largest absolute Gasteiger partial charge is 0.480 e. The van der Waals surface area contributed by atoms with Crippen molar-refractivity contribution in [1.82, 2.24) is 5.32 Å². The van der Waals surface area contributed by atoms with Crippen LogP contribution in [0.15, 0.2) is 0 Å². The van der Waals surface area contributed by atoms with Gasteiger partial charge in [-0.15, -0.1) is 0 Å². The van der Waals surface area contributed by atoms with Crippen LogP contribution in [0.2, 0.25) is 0 Å². The van der Waals surface area contributed by atoms with Crippen LogP contribution in [-0.4, -0.2) is 29.6 Å². The normalized spacial score (nSPS) is 34.5. The molecule has 0 amide bonds. The summed E-state index contributed by atoms with van der Waals surface area (Å²) in [6.07, 6.45) is 0.0332. The minimum Gasteiger partial charge on any atom is -0.480 e. The second-order valence-corrected chi connectivity index (χ2v) is 4.19. The molecule has 5 heteroatoms. The highest BCUT2D eigenvalue weighted by molar-refractivity contribution is 5.74. The van der Waals surface area contributed by atoms with Gasteiger partial charge < -0.3 is 10.4 Å². The number of halogens is 2. The highest BCUT2D eigenvalue weighted by Crippen LogP contribution is 2.55. The van der Waals surface area contributed by atoms with Gasteiger partial charge in [0.15, 0.2) is 0 Å². The number of alkyl halides is 2. The fourth-order valence-electron chi connectivity index (χ4n) is 2.41. The molecule has 2 aliphatic rings. The molecule has 0 aromatic rings. The molecule has 74 valence electrons. The Bertz CT molecular complexity index is 247. The van der Waals surface area contributed by atoms with E-state index in [0.29, 0.717) is 13.0 Å². The average Bonchev–Trinajstić information content (AvgIpc) is 2.29. The van der Waals surface area contributed by atoms with E-state index < -0.39 is 23.3 Å². The van der Waals surface area contributed by atoms with Crippen LogP contribution in [0.5, 0.6) is 0 Å². The molecule has 1 heterocycles. The topological polar surface area (TPSA) is 49.3 Å². The quantitative estimate of drug-likeness (QED) is 0.646. The van der Waals surface area contributed by atoms with E-state index in [1.165, 1.54) is 0 Å². The molecule has 0 bridgehead atoms. The number of aliphatic carboxylic acids is 1. The Labute approximate surface area is 74.1 Å². The van der Waals surface area contributed by atoms with Crippen LogP contribution in [0.1, 0.15) is 19.3 Å². The standard InChI is InChI=1S/C8H11F2NO2/c9-8(10)2-7(3-8)1-5(6(12)13)11-4-7/h5,11H,1-4H2,(H,12,13)/t5-/m0/s1. The second kappa shape index (κ2) is 2.41. The van der Waals surface area contributed by atoms with E-state index in [1.54, 1.807) is 0 Å². The molecule has 1 saturated heterocycles. The lowest BCUT2D eigenvalue weighted by Gasteiger charge is -2.44. The number of carboxylic acid groups (broad SMARTS) is 1. The van der Waals surface area contributed by atoms with E-state index >= 15 is 0 Å². The van der Waals surface area contributed by atoms with Crippen molar-refractivity contribution in [2.45, 2.75) is 31.2 Å². The maximum absolute atomic E-state index is 12.6. The van der Waals surface area contributed by atoms with E-state index in [4.69, 9.17) is 5.11 Å². The molecule has 3 nitrogen and oxygen atoms in total. The highest BCUT2D eigenvalue weighted by atomic mass is 19.3. The minimum absolute atomic E-state index is 0.156. The maximum Gasteiger partial charge on any atom is 0.320 e. The summed E-state index contributed by atoms with van der Waals surface area (Å²) in [5, 5.41) is 11.4. The molecule has 1 saturated carbocycles. The summed E-state index contributed by atoms with van der Waals surface area (Å²) < 4.78 is 25.2. The Morgan fingerprint density at radius 2 is 2.08 bits per heavy atom.